The largest absolute Gasteiger partial charge is 0.573 e. The van der Waals surface area contributed by atoms with E-state index in [1.54, 1.807) is 24.3 Å². The molecule has 0 aliphatic heterocycles. The number of carbonyl (C=O) groups excluding carboxylic acids is 2. The van der Waals surface area contributed by atoms with Crippen molar-refractivity contribution in [1.29, 1.82) is 0 Å². The summed E-state index contributed by atoms with van der Waals surface area (Å²) in [5.74, 6) is -0.310. The number of benzene rings is 2. The fourth-order valence-corrected chi connectivity index (χ4v) is 2.75. The predicted octanol–water partition coefficient (Wildman–Crippen LogP) is 4.11. The number of hydrogen-bond acceptors (Lipinski definition) is 3. The molecule has 1 fully saturated rings. The molecule has 148 valence electrons. The van der Waals surface area contributed by atoms with E-state index in [2.05, 4.69) is 15.4 Å². The van der Waals surface area contributed by atoms with Gasteiger partial charge in [-0.3, -0.25) is 9.59 Å². The van der Waals surface area contributed by atoms with Gasteiger partial charge < -0.3 is 15.4 Å². The second-order valence-corrected chi connectivity index (χ2v) is 6.76. The molecule has 0 heterocycles. The number of anilines is 1. The lowest BCUT2D eigenvalue weighted by Crippen LogP contribution is -2.23. The maximum absolute atomic E-state index is 12.3. The summed E-state index contributed by atoms with van der Waals surface area (Å²) < 4.78 is 40.3. The molecule has 8 heteroatoms. The van der Waals surface area contributed by atoms with Crippen molar-refractivity contribution in [2.75, 3.05) is 5.32 Å². The van der Waals surface area contributed by atoms with Crippen LogP contribution in [-0.4, -0.2) is 18.2 Å². The summed E-state index contributed by atoms with van der Waals surface area (Å²) >= 11 is 0. The van der Waals surface area contributed by atoms with Gasteiger partial charge in [0.25, 0.3) is 5.91 Å². The van der Waals surface area contributed by atoms with Crippen molar-refractivity contribution < 1.29 is 27.5 Å². The van der Waals surface area contributed by atoms with Gasteiger partial charge in [-0.05, 0) is 48.2 Å². The molecule has 3 rings (SSSR count). The number of alkyl halides is 3. The summed E-state index contributed by atoms with van der Waals surface area (Å²) in [5, 5.41) is 5.49. The number of ether oxygens (including phenoxy) is 1. The van der Waals surface area contributed by atoms with Gasteiger partial charge in [0.1, 0.15) is 5.75 Å². The van der Waals surface area contributed by atoms with Crippen LogP contribution in [-0.2, 0) is 11.3 Å². The topological polar surface area (TPSA) is 67.4 Å². The van der Waals surface area contributed by atoms with Crippen LogP contribution in [0.2, 0.25) is 0 Å². The quantitative estimate of drug-likeness (QED) is 0.778. The van der Waals surface area contributed by atoms with Gasteiger partial charge >= 0.3 is 6.36 Å². The van der Waals surface area contributed by atoms with E-state index < -0.39 is 6.36 Å². The van der Waals surface area contributed by atoms with Gasteiger partial charge in [0.05, 0.1) is 0 Å². The van der Waals surface area contributed by atoms with Crippen LogP contribution in [0.4, 0.5) is 18.9 Å². The number of nitrogens with one attached hydrogen (secondary N) is 2. The maximum Gasteiger partial charge on any atom is 0.573 e. The van der Waals surface area contributed by atoms with Crippen LogP contribution in [0.3, 0.4) is 0 Å². The summed E-state index contributed by atoms with van der Waals surface area (Å²) in [7, 11) is 0. The molecule has 0 aromatic heterocycles. The first kappa shape index (κ1) is 19.7. The Kier molecular flexibility index (Phi) is 5.58. The van der Waals surface area contributed by atoms with Gasteiger partial charge in [0, 0.05) is 23.7 Å². The molecule has 2 N–H and O–H groups in total. The lowest BCUT2D eigenvalue weighted by atomic mass is 10.1. The number of hydrogen-bond donors (Lipinski definition) is 2. The first-order valence-corrected chi connectivity index (χ1v) is 8.75. The Bertz CT molecular complexity index is 866. The third-order valence-corrected chi connectivity index (χ3v) is 4.45. The molecule has 2 amide bonds. The van der Waals surface area contributed by atoms with Gasteiger partial charge in [0.15, 0.2) is 0 Å². The number of amides is 2. The second-order valence-electron chi connectivity index (χ2n) is 6.76. The molecule has 28 heavy (non-hydrogen) atoms. The van der Waals surface area contributed by atoms with Gasteiger partial charge in [-0.2, -0.15) is 0 Å². The summed E-state index contributed by atoms with van der Waals surface area (Å²) in [5.41, 5.74) is 1.54. The molecular weight excluding hydrogens is 373 g/mol. The second kappa shape index (κ2) is 7.92. The van der Waals surface area contributed by atoms with Crippen LogP contribution in [0, 0.1) is 11.8 Å². The van der Waals surface area contributed by atoms with E-state index in [-0.39, 0.29) is 30.0 Å². The van der Waals surface area contributed by atoms with E-state index in [1.807, 2.05) is 6.92 Å². The molecule has 2 unspecified atom stereocenters. The average molecular weight is 392 g/mol. The van der Waals surface area contributed by atoms with E-state index in [1.165, 1.54) is 24.3 Å². The van der Waals surface area contributed by atoms with Crippen LogP contribution in [0.15, 0.2) is 48.5 Å². The lowest BCUT2D eigenvalue weighted by molar-refractivity contribution is -0.274. The predicted molar refractivity (Wildman–Crippen MR) is 96.6 cm³/mol. The molecule has 2 aromatic carbocycles. The van der Waals surface area contributed by atoms with Gasteiger partial charge in [-0.1, -0.05) is 25.1 Å². The molecule has 0 radical (unpaired) electrons. The van der Waals surface area contributed by atoms with Crippen LogP contribution < -0.4 is 15.4 Å². The first-order valence-electron chi connectivity index (χ1n) is 8.75. The SMILES string of the molecule is CC1CC1C(=O)Nc1cccc(C(=O)NCc2ccc(OC(F)(F)F)cc2)c1. The zero-order chi connectivity index (χ0) is 20.3. The summed E-state index contributed by atoms with van der Waals surface area (Å²) in [6.45, 7) is 2.15. The Morgan fingerprint density at radius 2 is 1.82 bits per heavy atom. The summed E-state index contributed by atoms with van der Waals surface area (Å²) in [6, 6.07) is 11.8. The molecule has 2 aromatic rings. The van der Waals surface area contributed by atoms with E-state index in [0.29, 0.717) is 22.7 Å². The fourth-order valence-electron chi connectivity index (χ4n) is 2.75. The summed E-state index contributed by atoms with van der Waals surface area (Å²) in [6.07, 6.45) is -3.87. The monoisotopic (exact) mass is 392 g/mol. The molecule has 1 aliphatic rings. The Balaban J connectivity index is 1.54. The smallest absolute Gasteiger partial charge is 0.406 e. The van der Waals surface area contributed by atoms with Crippen molar-refractivity contribution >= 4 is 17.5 Å². The average Bonchev–Trinajstić information content (AvgIpc) is 3.37. The van der Waals surface area contributed by atoms with Crippen molar-refractivity contribution in [2.24, 2.45) is 11.8 Å². The van der Waals surface area contributed by atoms with Crippen molar-refractivity contribution in [1.82, 2.24) is 5.32 Å². The van der Waals surface area contributed by atoms with Gasteiger partial charge in [0.2, 0.25) is 5.91 Å². The minimum Gasteiger partial charge on any atom is -0.406 e. The van der Waals surface area contributed by atoms with E-state index in [4.69, 9.17) is 0 Å². The van der Waals surface area contributed by atoms with Crippen LogP contribution >= 0.6 is 0 Å². The van der Waals surface area contributed by atoms with Crippen LogP contribution in [0.25, 0.3) is 0 Å². The molecule has 0 spiro atoms. The molecule has 0 bridgehead atoms. The molecule has 5 nitrogen and oxygen atoms in total. The highest BCUT2D eigenvalue weighted by atomic mass is 19.4. The van der Waals surface area contributed by atoms with Gasteiger partial charge in [-0.25, -0.2) is 0 Å². The molecule has 1 aliphatic carbocycles. The Morgan fingerprint density at radius 3 is 2.43 bits per heavy atom. The fraction of sp³-hybridized carbons (Fsp3) is 0.300. The Hall–Kier alpha value is -3.03. The Labute approximate surface area is 159 Å². The highest BCUT2D eigenvalue weighted by Crippen LogP contribution is 2.38. The Morgan fingerprint density at radius 1 is 1.14 bits per heavy atom. The number of carbonyl (C=O) groups is 2. The minimum atomic E-state index is -4.74. The van der Waals surface area contributed by atoms with Crippen LogP contribution in [0.5, 0.6) is 5.75 Å². The lowest BCUT2D eigenvalue weighted by Gasteiger charge is -2.10. The third-order valence-electron chi connectivity index (χ3n) is 4.45. The maximum atomic E-state index is 12.3. The van der Waals surface area contributed by atoms with Crippen molar-refractivity contribution in [3.63, 3.8) is 0 Å². The zero-order valence-corrected chi connectivity index (χ0v) is 15.0. The normalized spacial score (nSPS) is 18.3. The molecule has 1 saturated carbocycles. The van der Waals surface area contributed by atoms with Crippen LogP contribution in [0.1, 0.15) is 29.3 Å². The standard InChI is InChI=1S/C20H19F3N2O3/c1-12-9-17(12)19(27)25-15-4-2-3-14(10-15)18(26)24-11-13-5-7-16(8-6-13)28-20(21,22)23/h2-8,10,12,17H,9,11H2,1H3,(H,24,26)(H,25,27). The molecule has 0 saturated heterocycles. The number of rotatable bonds is 6. The van der Waals surface area contributed by atoms with E-state index in [9.17, 15) is 22.8 Å². The van der Waals surface area contributed by atoms with Gasteiger partial charge in [-0.15, -0.1) is 13.2 Å². The van der Waals surface area contributed by atoms with E-state index in [0.717, 1.165) is 6.42 Å². The van der Waals surface area contributed by atoms with E-state index >= 15 is 0 Å². The summed E-state index contributed by atoms with van der Waals surface area (Å²) in [4.78, 5) is 24.3. The first-order chi connectivity index (χ1) is 13.2. The molecular formula is C20H19F3N2O3. The number of halogens is 3. The zero-order valence-electron chi connectivity index (χ0n) is 15.0. The highest BCUT2D eigenvalue weighted by Gasteiger charge is 2.39. The third kappa shape index (κ3) is 5.48. The highest BCUT2D eigenvalue weighted by molar-refractivity contribution is 5.98. The van der Waals surface area contributed by atoms with Crippen molar-refractivity contribution in [2.45, 2.75) is 26.3 Å². The van der Waals surface area contributed by atoms with Crippen molar-refractivity contribution in [3.05, 3.63) is 59.7 Å². The van der Waals surface area contributed by atoms with Crippen molar-refractivity contribution in [3.8, 4) is 5.75 Å². The minimum absolute atomic E-state index is 0.0294. The molecule has 2 atom stereocenters.